The van der Waals surface area contributed by atoms with Crippen molar-refractivity contribution in [2.24, 2.45) is 0 Å². The van der Waals surface area contributed by atoms with Crippen molar-refractivity contribution in [1.29, 1.82) is 0 Å². The number of pyridine rings is 1. The van der Waals surface area contributed by atoms with Crippen molar-refractivity contribution in [2.75, 3.05) is 13.2 Å². The smallest absolute Gasteiger partial charge is 0.251 e. The molecular formula is C20H26N2O3. The van der Waals surface area contributed by atoms with Crippen LogP contribution in [0.2, 0.25) is 0 Å². The largest absolute Gasteiger partial charge is 0.375 e. The third-order valence-corrected chi connectivity index (χ3v) is 4.97. The van der Waals surface area contributed by atoms with E-state index in [4.69, 9.17) is 4.74 Å². The van der Waals surface area contributed by atoms with Gasteiger partial charge in [-0.15, -0.1) is 0 Å². The van der Waals surface area contributed by atoms with Gasteiger partial charge in [0.1, 0.15) is 6.54 Å². The van der Waals surface area contributed by atoms with Crippen LogP contribution < -0.4 is 5.56 Å². The highest BCUT2D eigenvalue weighted by molar-refractivity contribution is 5.82. The minimum atomic E-state index is -0.215. The van der Waals surface area contributed by atoms with Crippen LogP contribution in [0.15, 0.2) is 41.2 Å². The second kappa shape index (κ2) is 7.00. The topological polar surface area (TPSA) is 51.5 Å². The first-order valence-corrected chi connectivity index (χ1v) is 8.93. The highest BCUT2D eigenvalue weighted by Gasteiger charge is 2.33. The number of hydrogen-bond acceptors (Lipinski definition) is 3. The average Bonchev–Trinajstić information content (AvgIpc) is 2.57. The van der Waals surface area contributed by atoms with Crippen LogP contribution in [0.3, 0.4) is 0 Å². The molecule has 1 unspecified atom stereocenters. The van der Waals surface area contributed by atoms with Gasteiger partial charge in [-0.1, -0.05) is 18.2 Å². The van der Waals surface area contributed by atoms with E-state index in [1.807, 2.05) is 36.1 Å². The number of rotatable bonds is 4. The summed E-state index contributed by atoms with van der Waals surface area (Å²) in [5, 5.41) is 0.963. The molecule has 2 aromatic rings. The van der Waals surface area contributed by atoms with E-state index in [1.165, 1.54) is 6.07 Å². The number of likely N-dealkylation sites (N-methyl/N-ethyl adjacent to an activating group) is 1. The normalized spacial score (nSPS) is 19.7. The molecule has 0 N–H and O–H groups in total. The van der Waals surface area contributed by atoms with Crippen molar-refractivity contribution in [3.8, 4) is 0 Å². The fraction of sp³-hybridized carbons (Fsp3) is 0.500. The molecule has 1 saturated heterocycles. The van der Waals surface area contributed by atoms with E-state index in [1.54, 1.807) is 10.6 Å². The molecule has 25 heavy (non-hydrogen) atoms. The minimum absolute atomic E-state index is 0.0105. The molecule has 134 valence electrons. The van der Waals surface area contributed by atoms with Gasteiger partial charge in [-0.2, -0.15) is 0 Å². The molecule has 0 aliphatic carbocycles. The number of carbonyl (C=O) groups excluding carboxylic acids is 1. The maximum absolute atomic E-state index is 13.0. The number of nitrogens with zero attached hydrogens (tertiary/aromatic N) is 2. The maximum Gasteiger partial charge on any atom is 0.251 e. The van der Waals surface area contributed by atoms with Gasteiger partial charge in [0.2, 0.25) is 5.91 Å². The Morgan fingerprint density at radius 2 is 2.04 bits per heavy atom. The quantitative estimate of drug-likeness (QED) is 0.858. The summed E-state index contributed by atoms with van der Waals surface area (Å²) < 4.78 is 7.35. The SMILES string of the molecule is CCN(C(=O)Cn1c(=O)ccc2ccccc21)C1CCOC(C)(C)C1. The predicted octanol–water partition coefficient (Wildman–Crippen LogP) is 2.81. The molecule has 5 heteroatoms. The molecule has 1 aliphatic heterocycles. The highest BCUT2D eigenvalue weighted by atomic mass is 16.5. The van der Waals surface area contributed by atoms with Gasteiger partial charge in [0, 0.05) is 25.3 Å². The number of amides is 1. The Morgan fingerprint density at radius 3 is 2.76 bits per heavy atom. The Bertz CT molecular complexity index is 825. The summed E-state index contributed by atoms with van der Waals surface area (Å²) in [6.45, 7) is 7.49. The lowest BCUT2D eigenvalue weighted by Gasteiger charge is -2.41. The lowest BCUT2D eigenvalue weighted by molar-refractivity contribution is -0.140. The monoisotopic (exact) mass is 342 g/mol. The Balaban J connectivity index is 1.86. The summed E-state index contributed by atoms with van der Waals surface area (Å²) in [5.41, 5.74) is 0.439. The summed E-state index contributed by atoms with van der Waals surface area (Å²) in [7, 11) is 0. The van der Waals surface area contributed by atoms with Gasteiger partial charge in [0.05, 0.1) is 11.1 Å². The van der Waals surface area contributed by atoms with Crippen molar-refractivity contribution in [2.45, 2.75) is 51.8 Å². The van der Waals surface area contributed by atoms with Gasteiger partial charge in [0.25, 0.3) is 5.56 Å². The molecule has 0 radical (unpaired) electrons. The van der Waals surface area contributed by atoms with Crippen LogP contribution in [0.4, 0.5) is 0 Å². The number of aromatic nitrogens is 1. The number of hydrogen-bond donors (Lipinski definition) is 0. The Hall–Kier alpha value is -2.14. The summed E-state index contributed by atoms with van der Waals surface area (Å²) in [6, 6.07) is 11.2. The third-order valence-electron chi connectivity index (χ3n) is 4.97. The van der Waals surface area contributed by atoms with Gasteiger partial charge in [-0.25, -0.2) is 0 Å². The summed E-state index contributed by atoms with van der Waals surface area (Å²) in [4.78, 5) is 27.2. The molecule has 0 saturated carbocycles. The molecule has 0 spiro atoms. The van der Waals surface area contributed by atoms with Crippen molar-refractivity contribution in [1.82, 2.24) is 9.47 Å². The number of carbonyl (C=O) groups is 1. The fourth-order valence-corrected chi connectivity index (χ4v) is 3.74. The van der Waals surface area contributed by atoms with Crippen LogP contribution in [0.5, 0.6) is 0 Å². The fourth-order valence-electron chi connectivity index (χ4n) is 3.74. The van der Waals surface area contributed by atoms with Crippen molar-refractivity contribution >= 4 is 16.8 Å². The molecular weight excluding hydrogens is 316 g/mol. The van der Waals surface area contributed by atoms with E-state index >= 15 is 0 Å². The third kappa shape index (κ3) is 3.76. The van der Waals surface area contributed by atoms with Gasteiger partial charge >= 0.3 is 0 Å². The number of fused-ring (bicyclic) bond motifs is 1. The first-order valence-electron chi connectivity index (χ1n) is 8.93. The van der Waals surface area contributed by atoms with E-state index in [0.717, 1.165) is 23.7 Å². The standard InChI is InChI=1S/C20H26N2O3/c1-4-21(16-11-12-25-20(2,3)13-16)19(24)14-22-17-8-6-5-7-15(17)9-10-18(22)23/h5-10,16H,4,11-14H2,1-3H3. The molecule has 3 rings (SSSR count). The predicted molar refractivity (Wildman–Crippen MR) is 98.6 cm³/mol. The van der Waals surface area contributed by atoms with Gasteiger partial charge < -0.3 is 9.64 Å². The first kappa shape index (κ1) is 17.7. The van der Waals surface area contributed by atoms with E-state index in [2.05, 4.69) is 13.8 Å². The summed E-state index contributed by atoms with van der Waals surface area (Å²) in [6.07, 6.45) is 1.66. The van der Waals surface area contributed by atoms with Gasteiger partial charge in [-0.3, -0.25) is 14.2 Å². The molecule has 1 fully saturated rings. The number of ether oxygens (including phenoxy) is 1. The van der Waals surface area contributed by atoms with Crippen molar-refractivity contribution in [3.63, 3.8) is 0 Å². The molecule has 1 atom stereocenters. The van der Waals surface area contributed by atoms with Crippen molar-refractivity contribution < 1.29 is 9.53 Å². The molecule has 1 amide bonds. The number of benzene rings is 1. The molecule has 1 aromatic heterocycles. The van der Waals surface area contributed by atoms with Crippen LogP contribution in [0.1, 0.15) is 33.6 Å². The minimum Gasteiger partial charge on any atom is -0.375 e. The number of para-hydroxylation sites is 1. The second-order valence-corrected chi connectivity index (χ2v) is 7.25. The van der Waals surface area contributed by atoms with E-state index < -0.39 is 0 Å². The van der Waals surface area contributed by atoms with Crippen LogP contribution >= 0.6 is 0 Å². The molecule has 5 nitrogen and oxygen atoms in total. The first-order chi connectivity index (χ1) is 11.9. The Kier molecular flexibility index (Phi) is 4.95. The van der Waals surface area contributed by atoms with E-state index in [0.29, 0.717) is 13.2 Å². The Morgan fingerprint density at radius 1 is 1.28 bits per heavy atom. The zero-order chi connectivity index (χ0) is 18.0. The zero-order valence-electron chi connectivity index (χ0n) is 15.2. The maximum atomic E-state index is 13.0. The zero-order valence-corrected chi connectivity index (χ0v) is 15.2. The van der Waals surface area contributed by atoms with Gasteiger partial charge in [0.15, 0.2) is 0 Å². The van der Waals surface area contributed by atoms with Crippen LogP contribution in [0, 0.1) is 0 Å². The average molecular weight is 342 g/mol. The second-order valence-electron chi connectivity index (χ2n) is 7.25. The Labute approximate surface area is 148 Å². The van der Waals surface area contributed by atoms with E-state index in [9.17, 15) is 9.59 Å². The molecule has 2 heterocycles. The van der Waals surface area contributed by atoms with Crippen LogP contribution in [-0.4, -0.2) is 40.2 Å². The summed E-state index contributed by atoms with van der Waals surface area (Å²) in [5.74, 6) is -0.0105. The molecule has 1 aliphatic rings. The lowest BCUT2D eigenvalue weighted by atomic mass is 9.92. The van der Waals surface area contributed by atoms with Crippen LogP contribution in [0.25, 0.3) is 10.9 Å². The highest BCUT2D eigenvalue weighted by Crippen LogP contribution is 2.27. The van der Waals surface area contributed by atoms with Crippen LogP contribution in [-0.2, 0) is 16.1 Å². The summed E-state index contributed by atoms with van der Waals surface area (Å²) >= 11 is 0. The molecule has 1 aromatic carbocycles. The van der Waals surface area contributed by atoms with Crippen molar-refractivity contribution in [3.05, 3.63) is 46.8 Å². The lowest BCUT2D eigenvalue weighted by Crippen LogP contribution is -2.49. The van der Waals surface area contributed by atoms with Gasteiger partial charge in [-0.05, 0) is 51.1 Å². The van der Waals surface area contributed by atoms with E-state index in [-0.39, 0.29) is 29.7 Å². The molecule has 0 bridgehead atoms.